The lowest BCUT2D eigenvalue weighted by molar-refractivity contribution is -0.332. The summed E-state index contributed by atoms with van der Waals surface area (Å²) >= 11 is 0. The number of benzene rings is 1. The van der Waals surface area contributed by atoms with Crippen LogP contribution >= 0.6 is 0 Å². The van der Waals surface area contributed by atoms with E-state index in [2.05, 4.69) is 0 Å². The molecule has 0 amide bonds. The fourth-order valence-electron chi connectivity index (χ4n) is 2.54. The van der Waals surface area contributed by atoms with Crippen LogP contribution in [-0.4, -0.2) is 17.7 Å². The molecule has 0 heterocycles. The van der Waals surface area contributed by atoms with Crippen LogP contribution in [0.5, 0.6) is 0 Å². The quantitative estimate of drug-likeness (QED) is 0.523. The fraction of sp³-hybridized carbons (Fsp3) is 0.438. The number of carbonyl (C=O) groups is 3. The van der Waals surface area contributed by atoms with E-state index in [9.17, 15) is 24.6 Å². The van der Waals surface area contributed by atoms with E-state index in [1.807, 2.05) is 32.9 Å². The van der Waals surface area contributed by atoms with E-state index in [0.717, 1.165) is 16.7 Å². The van der Waals surface area contributed by atoms with Gasteiger partial charge in [0.05, 0.1) is 11.9 Å². The molecule has 0 fully saturated rings. The molecule has 0 atom stereocenters. The van der Waals surface area contributed by atoms with E-state index in [-0.39, 0.29) is 25.0 Å². The molecule has 1 aromatic rings. The molecule has 0 radical (unpaired) electrons. The molecule has 114 valence electrons. The third-order valence-corrected chi connectivity index (χ3v) is 3.42. The van der Waals surface area contributed by atoms with Gasteiger partial charge in [-0.05, 0) is 44.7 Å². The summed E-state index contributed by atoms with van der Waals surface area (Å²) in [5.74, 6) is -5.13. The van der Waals surface area contributed by atoms with Crippen LogP contribution in [-0.2, 0) is 9.59 Å². The predicted molar refractivity (Wildman–Crippen MR) is 72.3 cm³/mol. The summed E-state index contributed by atoms with van der Waals surface area (Å²) < 4.78 is 0. The Labute approximate surface area is 123 Å². The Morgan fingerprint density at radius 3 is 1.90 bits per heavy atom. The SMILES string of the molecule is Cc1cc(C)c(C(=O)CCCC(C(=O)[O-])C(=O)[O-])c(C)c1. The summed E-state index contributed by atoms with van der Waals surface area (Å²) in [6, 6.07) is 3.82. The van der Waals surface area contributed by atoms with Gasteiger partial charge in [-0.15, -0.1) is 0 Å². The molecule has 0 bridgehead atoms. The molecule has 0 aliphatic rings. The van der Waals surface area contributed by atoms with Crippen molar-refractivity contribution in [3.63, 3.8) is 0 Å². The third kappa shape index (κ3) is 4.41. The smallest absolute Gasteiger partial charge is 0.163 e. The van der Waals surface area contributed by atoms with Crippen molar-refractivity contribution in [3.8, 4) is 0 Å². The topological polar surface area (TPSA) is 97.3 Å². The van der Waals surface area contributed by atoms with Crippen LogP contribution in [0.2, 0.25) is 0 Å². The second kappa shape index (κ2) is 7.02. The minimum absolute atomic E-state index is 0.0990. The number of ketones is 1. The highest BCUT2D eigenvalue weighted by Crippen LogP contribution is 2.20. The first kappa shape index (κ1) is 16.9. The second-order valence-electron chi connectivity index (χ2n) is 5.28. The Morgan fingerprint density at radius 2 is 1.48 bits per heavy atom. The number of hydrogen-bond acceptors (Lipinski definition) is 5. The normalized spacial score (nSPS) is 10.7. The van der Waals surface area contributed by atoms with E-state index in [0.29, 0.717) is 5.56 Å². The van der Waals surface area contributed by atoms with E-state index in [1.54, 1.807) is 0 Å². The number of carbonyl (C=O) groups excluding carboxylic acids is 3. The Balaban J connectivity index is 2.71. The lowest BCUT2D eigenvalue weighted by atomic mass is 9.93. The number of hydrogen-bond donors (Lipinski definition) is 0. The Hall–Kier alpha value is -2.17. The first-order valence-electron chi connectivity index (χ1n) is 6.76. The zero-order valence-electron chi connectivity index (χ0n) is 12.4. The highest BCUT2D eigenvalue weighted by atomic mass is 16.4. The van der Waals surface area contributed by atoms with Crippen LogP contribution in [0.25, 0.3) is 0 Å². The van der Waals surface area contributed by atoms with Gasteiger partial charge in [-0.3, -0.25) is 4.79 Å². The van der Waals surface area contributed by atoms with Gasteiger partial charge < -0.3 is 19.8 Å². The molecule has 0 saturated carbocycles. The van der Waals surface area contributed by atoms with E-state index < -0.39 is 17.9 Å². The summed E-state index contributed by atoms with van der Waals surface area (Å²) in [7, 11) is 0. The Kier molecular flexibility index (Phi) is 5.64. The van der Waals surface area contributed by atoms with Crippen molar-refractivity contribution >= 4 is 17.7 Å². The molecular formula is C16H18O5-2. The maximum atomic E-state index is 12.2. The molecule has 21 heavy (non-hydrogen) atoms. The van der Waals surface area contributed by atoms with Gasteiger partial charge >= 0.3 is 0 Å². The van der Waals surface area contributed by atoms with Crippen molar-refractivity contribution in [3.05, 3.63) is 34.4 Å². The van der Waals surface area contributed by atoms with Crippen molar-refractivity contribution in [2.75, 3.05) is 0 Å². The van der Waals surface area contributed by atoms with Gasteiger partial charge in [-0.25, -0.2) is 0 Å². The molecule has 0 aliphatic carbocycles. The van der Waals surface area contributed by atoms with Crippen molar-refractivity contribution in [1.82, 2.24) is 0 Å². The largest absolute Gasteiger partial charge is 0.549 e. The summed E-state index contributed by atoms with van der Waals surface area (Å²) in [5.41, 5.74) is 3.43. The van der Waals surface area contributed by atoms with Crippen LogP contribution in [0.3, 0.4) is 0 Å². The molecule has 0 unspecified atom stereocenters. The minimum atomic E-state index is -1.68. The molecule has 0 aliphatic heterocycles. The second-order valence-corrected chi connectivity index (χ2v) is 5.28. The summed E-state index contributed by atoms with van der Waals surface area (Å²) in [6.07, 6.45) is 0.0976. The van der Waals surface area contributed by atoms with Crippen molar-refractivity contribution in [1.29, 1.82) is 0 Å². The Bertz CT molecular complexity index is 537. The molecule has 0 spiro atoms. The van der Waals surface area contributed by atoms with Crippen molar-refractivity contribution < 1.29 is 24.6 Å². The summed E-state index contributed by atoms with van der Waals surface area (Å²) in [4.78, 5) is 33.4. The monoisotopic (exact) mass is 290 g/mol. The molecular weight excluding hydrogens is 272 g/mol. The lowest BCUT2D eigenvalue weighted by Crippen LogP contribution is -2.43. The minimum Gasteiger partial charge on any atom is -0.549 e. The molecule has 5 heteroatoms. The van der Waals surface area contributed by atoms with Crippen molar-refractivity contribution in [2.24, 2.45) is 5.92 Å². The highest BCUT2D eigenvalue weighted by Gasteiger charge is 2.15. The number of aryl methyl sites for hydroxylation is 3. The van der Waals surface area contributed by atoms with Gasteiger partial charge in [-0.1, -0.05) is 17.7 Å². The van der Waals surface area contributed by atoms with E-state index >= 15 is 0 Å². The standard InChI is InChI=1S/C16H20O5/c1-9-7-10(2)14(11(3)8-9)13(17)6-4-5-12(15(18)19)16(20)21/h7-8,12H,4-6H2,1-3H3,(H,18,19)(H,20,21)/p-2. The van der Waals surface area contributed by atoms with Gasteiger partial charge in [0.25, 0.3) is 0 Å². The number of Topliss-reactive ketones (excluding diaryl/α,β-unsaturated/α-hetero) is 1. The first-order valence-corrected chi connectivity index (χ1v) is 6.76. The lowest BCUT2D eigenvalue weighted by Gasteiger charge is -2.18. The van der Waals surface area contributed by atoms with Crippen LogP contribution in [0.15, 0.2) is 12.1 Å². The predicted octanol–water partition coefficient (Wildman–Crippen LogP) is 0.0809. The maximum Gasteiger partial charge on any atom is 0.163 e. The van der Waals surface area contributed by atoms with Gasteiger partial charge in [0.2, 0.25) is 0 Å². The van der Waals surface area contributed by atoms with E-state index in [1.165, 1.54) is 0 Å². The molecule has 0 N–H and O–H groups in total. The number of carboxylic acids is 2. The zero-order chi connectivity index (χ0) is 16.2. The fourth-order valence-corrected chi connectivity index (χ4v) is 2.54. The van der Waals surface area contributed by atoms with Crippen LogP contribution in [0.4, 0.5) is 0 Å². The van der Waals surface area contributed by atoms with Gasteiger partial charge in [0.1, 0.15) is 0 Å². The summed E-state index contributed by atoms with van der Waals surface area (Å²) in [6.45, 7) is 5.63. The molecule has 5 nitrogen and oxygen atoms in total. The van der Waals surface area contributed by atoms with Crippen LogP contribution < -0.4 is 10.2 Å². The van der Waals surface area contributed by atoms with Crippen LogP contribution in [0.1, 0.15) is 46.3 Å². The molecule has 1 aromatic carbocycles. The van der Waals surface area contributed by atoms with Gasteiger partial charge in [0, 0.05) is 17.9 Å². The third-order valence-electron chi connectivity index (χ3n) is 3.42. The number of rotatable bonds is 7. The average Bonchev–Trinajstić information content (AvgIpc) is 2.32. The zero-order valence-corrected chi connectivity index (χ0v) is 12.4. The van der Waals surface area contributed by atoms with Crippen LogP contribution in [0, 0.1) is 26.7 Å². The molecule has 1 rings (SSSR count). The number of carboxylic acid groups (broad SMARTS) is 2. The average molecular weight is 290 g/mol. The summed E-state index contributed by atoms with van der Waals surface area (Å²) in [5, 5.41) is 21.2. The number of aliphatic carboxylic acids is 2. The van der Waals surface area contributed by atoms with E-state index in [4.69, 9.17) is 0 Å². The highest BCUT2D eigenvalue weighted by molar-refractivity contribution is 5.99. The maximum absolute atomic E-state index is 12.2. The molecule has 0 saturated heterocycles. The van der Waals surface area contributed by atoms with Gasteiger partial charge in [-0.2, -0.15) is 0 Å². The van der Waals surface area contributed by atoms with Gasteiger partial charge in [0.15, 0.2) is 5.78 Å². The first-order chi connectivity index (χ1) is 9.73. The molecule has 0 aromatic heterocycles. The Morgan fingerprint density at radius 1 is 1.00 bits per heavy atom. The van der Waals surface area contributed by atoms with Crippen molar-refractivity contribution in [2.45, 2.75) is 40.0 Å².